The van der Waals surface area contributed by atoms with Crippen LogP contribution in [0.5, 0.6) is 0 Å². The number of aliphatic hydroxyl groups is 1. The van der Waals surface area contributed by atoms with E-state index in [1.807, 2.05) is 41.5 Å². The van der Waals surface area contributed by atoms with Crippen LogP contribution < -0.4 is 0 Å². The lowest BCUT2D eigenvalue weighted by molar-refractivity contribution is -0.322. The van der Waals surface area contributed by atoms with Crippen molar-refractivity contribution >= 4 is 0 Å². The second kappa shape index (κ2) is 6.94. The van der Waals surface area contributed by atoms with Gasteiger partial charge < -0.3 is 28.8 Å². The maximum absolute atomic E-state index is 9.97. The number of aliphatic hydroxyl groups excluding tert-OH is 1. The molecule has 23 heavy (non-hydrogen) atoms. The van der Waals surface area contributed by atoms with Gasteiger partial charge in [0.2, 0.25) is 0 Å². The maximum atomic E-state index is 9.97. The first-order valence-corrected chi connectivity index (χ1v) is 8.65. The topological polar surface area (TPSA) is 66.4 Å². The van der Waals surface area contributed by atoms with Gasteiger partial charge in [-0.2, -0.15) is 0 Å². The normalized spacial score (nSPS) is 41.6. The summed E-state index contributed by atoms with van der Waals surface area (Å²) in [4.78, 5) is 0. The van der Waals surface area contributed by atoms with E-state index in [4.69, 9.17) is 23.7 Å². The number of ether oxygens (including phenoxy) is 5. The van der Waals surface area contributed by atoms with Gasteiger partial charge in [0.1, 0.15) is 11.7 Å². The third kappa shape index (κ3) is 3.89. The molecule has 4 unspecified atom stereocenters. The Bertz CT molecular complexity index is 397. The Labute approximate surface area is 139 Å². The van der Waals surface area contributed by atoms with Crippen molar-refractivity contribution in [2.45, 2.75) is 77.3 Å². The van der Waals surface area contributed by atoms with Crippen LogP contribution in [0.15, 0.2) is 0 Å². The zero-order valence-electron chi connectivity index (χ0n) is 15.3. The smallest absolute Gasteiger partial charge is 0.164 e. The lowest BCUT2D eigenvalue weighted by Gasteiger charge is -2.47. The van der Waals surface area contributed by atoms with Crippen molar-refractivity contribution in [3.05, 3.63) is 0 Å². The first-order chi connectivity index (χ1) is 10.8. The predicted octanol–water partition coefficient (Wildman–Crippen LogP) is 2.08. The molecule has 4 atom stereocenters. The van der Waals surface area contributed by atoms with Gasteiger partial charge in [0, 0.05) is 18.9 Å². The Balaban J connectivity index is 0.000000924. The molecule has 0 aromatic carbocycles. The van der Waals surface area contributed by atoms with Gasteiger partial charge in [-0.1, -0.05) is 13.8 Å². The highest BCUT2D eigenvalue weighted by Crippen LogP contribution is 2.45. The second-order valence-electron chi connectivity index (χ2n) is 7.14. The van der Waals surface area contributed by atoms with Gasteiger partial charge in [-0.3, -0.25) is 0 Å². The summed E-state index contributed by atoms with van der Waals surface area (Å²) in [6, 6.07) is 0. The quantitative estimate of drug-likeness (QED) is 0.793. The van der Waals surface area contributed by atoms with Gasteiger partial charge in [0.05, 0.1) is 25.9 Å². The van der Waals surface area contributed by atoms with E-state index in [9.17, 15) is 5.11 Å². The molecule has 0 bridgehead atoms. The zero-order valence-corrected chi connectivity index (χ0v) is 15.3. The van der Waals surface area contributed by atoms with Crippen molar-refractivity contribution < 1.29 is 28.8 Å². The van der Waals surface area contributed by atoms with Crippen molar-refractivity contribution in [2.75, 3.05) is 26.4 Å². The van der Waals surface area contributed by atoms with E-state index >= 15 is 0 Å². The predicted molar refractivity (Wildman–Crippen MR) is 85.0 cm³/mol. The molecule has 1 N–H and O–H groups in total. The lowest BCUT2D eigenvalue weighted by atomic mass is 9.83. The molecular formula is C17H32O6. The zero-order chi connectivity index (χ0) is 17.3. The van der Waals surface area contributed by atoms with Crippen molar-refractivity contribution in [2.24, 2.45) is 5.92 Å². The van der Waals surface area contributed by atoms with Gasteiger partial charge in [-0.25, -0.2) is 0 Å². The molecule has 3 aliphatic heterocycles. The number of fused-ring (bicyclic) bond motifs is 3. The summed E-state index contributed by atoms with van der Waals surface area (Å²) in [5.41, 5.74) is -0.778. The van der Waals surface area contributed by atoms with Crippen molar-refractivity contribution in [1.82, 2.24) is 0 Å². The first-order valence-electron chi connectivity index (χ1n) is 8.65. The van der Waals surface area contributed by atoms with Gasteiger partial charge in [0.15, 0.2) is 11.6 Å². The van der Waals surface area contributed by atoms with Crippen molar-refractivity contribution in [3.63, 3.8) is 0 Å². The molecule has 3 heterocycles. The fraction of sp³-hybridized carbons (Fsp3) is 1.00. The van der Waals surface area contributed by atoms with E-state index in [1.165, 1.54) is 0 Å². The Hall–Kier alpha value is -0.240. The minimum atomic E-state index is -0.778. The molecule has 0 aliphatic carbocycles. The van der Waals surface area contributed by atoms with Crippen LogP contribution >= 0.6 is 0 Å². The third-order valence-electron chi connectivity index (χ3n) is 4.48. The van der Waals surface area contributed by atoms with Gasteiger partial charge in [-0.05, 0) is 27.7 Å². The minimum Gasteiger partial charge on any atom is -0.393 e. The summed E-state index contributed by atoms with van der Waals surface area (Å²) >= 11 is 0. The van der Waals surface area contributed by atoms with E-state index in [2.05, 4.69) is 0 Å². The molecule has 3 saturated heterocycles. The van der Waals surface area contributed by atoms with Crippen LogP contribution in [-0.4, -0.2) is 60.9 Å². The van der Waals surface area contributed by atoms with Crippen LogP contribution in [0.1, 0.15) is 48.0 Å². The van der Waals surface area contributed by atoms with E-state index in [1.54, 1.807) is 0 Å². The van der Waals surface area contributed by atoms with Gasteiger partial charge in [0.25, 0.3) is 0 Å². The van der Waals surface area contributed by atoms with Gasteiger partial charge >= 0.3 is 0 Å². The fourth-order valence-electron chi connectivity index (χ4n) is 3.54. The summed E-state index contributed by atoms with van der Waals surface area (Å²) < 4.78 is 29.8. The number of hydrogen-bond acceptors (Lipinski definition) is 6. The first kappa shape index (κ1) is 19.1. The molecule has 0 radical (unpaired) electrons. The van der Waals surface area contributed by atoms with Crippen molar-refractivity contribution in [3.8, 4) is 0 Å². The lowest BCUT2D eigenvalue weighted by Crippen LogP contribution is -2.60. The number of rotatable bonds is 1. The largest absolute Gasteiger partial charge is 0.393 e. The van der Waals surface area contributed by atoms with E-state index < -0.39 is 17.2 Å². The molecule has 0 spiro atoms. The second-order valence-corrected chi connectivity index (χ2v) is 7.14. The summed E-state index contributed by atoms with van der Waals surface area (Å²) in [7, 11) is 0. The Morgan fingerprint density at radius 1 is 1.00 bits per heavy atom. The molecule has 136 valence electrons. The van der Waals surface area contributed by atoms with Crippen LogP contribution in [-0.2, 0) is 23.7 Å². The Morgan fingerprint density at radius 3 is 2.35 bits per heavy atom. The molecule has 3 fully saturated rings. The molecule has 3 rings (SSSR count). The van der Waals surface area contributed by atoms with Crippen molar-refractivity contribution in [1.29, 1.82) is 0 Å². The maximum Gasteiger partial charge on any atom is 0.164 e. The Kier molecular flexibility index (Phi) is 5.76. The highest BCUT2D eigenvalue weighted by atomic mass is 16.8. The SMILES string of the molecule is CC.CC1(C)OCC2COCCC3(CO)OC(C)(C)OC3C2O1. The summed E-state index contributed by atoms with van der Waals surface area (Å²) in [6.45, 7) is 13.1. The average Bonchev–Trinajstić information content (AvgIpc) is 2.76. The van der Waals surface area contributed by atoms with Crippen LogP contribution in [0.25, 0.3) is 0 Å². The molecular weight excluding hydrogens is 300 g/mol. The molecule has 0 saturated carbocycles. The highest BCUT2D eigenvalue weighted by Gasteiger charge is 2.59. The molecule has 0 aromatic heterocycles. The van der Waals surface area contributed by atoms with E-state index in [0.29, 0.717) is 26.2 Å². The monoisotopic (exact) mass is 332 g/mol. The summed E-state index contributed by atoms with van der Waals surface area (Å²) in [6.07, 6.45) is 0.0448. The van der Waals surface area contributed by atoms with Crippen LogP contribution in [0, 0.1) is 5.92 Å². The van der Waals surface area contributed by atoms with E-state index in [0.717, 1.165) is 0 Å². The molecule has 0 amide bonds. The Morgan fingerprint density at radius 2 is 1.70 bits per heavy atom. The molecule has 6 heteroatoms. The molecule has 3 aliphatic rings. The average molecular weight is 332 g/mol. The molecule has 6 nitrogen and oxygen atoms in total. The van der Waals surface area contributed by atoms with Crippen LogP contribution in [0.3, 0.4) is 0 Å². The third-order valence-corrected chi connectivity index (χ3v) is 4.48. The van der Waals surface area contributed by atoms with Crippen LogP contribution in [0.4, 0.5) is 0 Å². The summed E-state index contributed by atoms with van der Waals surface area (Å²) in [5, 5.41) is 9.97. The standard InChI is InChI=1S/C15H26O6.C2H6/c1-13(2)18-8-10-7-17-6-5-15(9-16)12(11(10)19-13)20-14(3,4)21-15;1-2/h10-12,16H,5-9H2,1-4H3;1-2H3. The van der Waals surface area contributed by atoms with Gasteiger partial charge in [-0.15, -0.1) is 0 Å². The minimum absolute atomic E-state index is 0.0757. The molecule has 0 aromatic rings. The highest BCUT2D eigenvalue weighted by molar-refractivity contribution is 5.03. The van der Waals surface area contributed by atoms with Crippen LogP contribution in [0.2, 0.25) is 0 Å². The fourth-order valence-corrected chi connectivity index (χ4v) is 3.54. The summed E-state index contributed by atoms with van der Waals surface area (Å²) in [5.74, 6) is -1.34. The number of hydrogen-bond donors (Lipinski definition) is 1. The van der Waals surface area contributed by atoms with E-state index in [-0.39, 0.29) is 24.7 Å².